The Morgan fingerprint density at radius 3 is 1.05 bits per heavy atom. The molecule has 0 atom stereocenters. The van der Waals surface area contributed by atoms with Crippen LogP contribution >= 0.6 is 0 Å². The minimum Gasteiger partial charge on any atom is -0.300 e. The minimum atomic E-state index is 0.509. The summed E-state index contributed by atoms with van der Waals surface area (Å²) in [5, 5.41) is 0. The van der Waals surface area contributed by atoms with Crippen LogP contribution in [-0.4, -0.2) is 5.78 Å². The lowest BCUT2D eigenvalue weighted by molar-refractivity contribution is -0.119. The summed E-state index contributed by atoms with van der Waals surface area (Å²) in [6.07, 6.45) is 22.9. The third-order valence-electron chi connectivity index (χ3n) is 4.62. The van der Waals surface area contributed by atoms with E-state index in [-0.39, 0.29) is 0 Å². The molecule has 0 amide bonds. The average Bonchev–Trinajstić information content (AvgIpc) is 2.52. The van der Waals surface area contributed by atoms with Crippen LogP contribution in [0.3, 0.4) is 0 Å². The molecule has 0 saturated carbocycles. The first-order valence-electron chi connectivity index (χ1n) is 10.3. The lowest BCUT2D eigenvalue weighted by Gasteiger charge is -2.03. The monoisotopic (exact) mass is 310 g/mol. The summed E-state index contributed by atoms with van der Waals surface area (Å²) < 4.78 is 0. The number of carbonyl (C=O) groups excluding carboxylic acids is 1. The van der Waals surface area contributed by atoms with Crippen molar-refractivity contribution < 1.29 is 4.79 Å². The standard InChI is InChI=1S/C21H42O/c1-3-5-7-9-11-12-13-14-16-18-20-21(22)19-17-15-10-8-6-4-2/h3-20H2,1-2H3. The second kappa shape index (κ2) is 18.7. The summed E-state index contributed by atoms with van der Waals surface area (Å²) in [7, 11) is 0. The summed E-state index contributed by atoms with van der Waals surface area (Å²) in [4.78, 5) is 11.8. The second-order valence-corrected chi connectivity index (χ2v) is 6.99. The Kier molecular flexibility index (Phi) is 18.4. The van der Waals surface area contributed by atoms with Gasteiger partial charge in [0.1, 0.15) is 5.78 Å². The van der Waals surface area contributed by atoms with Gasteiger partial charge in [-0.2, -0.15) is 0 Å². The Morgan fingerprint density at radius 1 is 0.455 bits per heavy atom. The zero-order valence-corrected chi connectivity index (χ0v) is 15.6. The molecule has 132 valence electrons. The Morgan fingerprint density at radius 2 is 0.727 bits per heavy atom. The number of hydrogen-bond acceptors (Lipinski definition) is 1. The van der Waals surface area contributed by atoms with E-state index >= 15 is 0 Å². The maximum atomic E-state index is 11.8. The van der Waals surface area contributed by atoms with Crippen LogP contribution in [0.1, 0.15) is 129 Å². The molecule has 0 aliphatic rings. The first-order valence-corrected chi connectivity index (χ1v) is 10.3. The maximum absolute atomic E-state index is 11.8. The first-order chi connectivity index (χ1) is 10.8. The molecule has 0 spiro atoms. The van der Waals surface area contributed by atoms with Gasteiger partial charge in [-0.15, -0.1) is 0 Å². The fraction of sp³-hybridized carbons (Fsp3) is 0.952. The molecular formula is C21H42O. The molecular weight excluding hydrogens is 268 g/mol. The Hall–Kier alpha value is -0.330. The fourth-order valence-electron chi connectivity index (χ4n) is 3.04. The highest BCUT2D eigenvalue weighted by atomic mass is 16.1. The Labute approximate surface area is 140 Å². The third kappa shape index (κ3) is 17.7. The number of ketones is 1. The van der Waals surface area contributed by atoms with E-state index < -0.39 is 0 Å². The van der Waals surface area contributed by atoms with Gasteiger partial charge in [0.2, 0.25) is 0 Å². The number of rotatable bonds is 18. The highest BCUT2D eigenvalue weighted by molar-refractivity contribution is 5.78. The molecule has 0 aromatic carbocycles. The largest absolute Gasteiger partial charge is 0.300 e. The smallest absolute Gasteiger partial charge is 0.132 e. The van der Waals surface area contributed by atoms with Crippen LogP contribution in [0.25, 0.3) is 0 Å². The van der Waals surface area contributed by atoms with Gasteiger partial charge in [-0.05, 0) is 12.8 Å². The van der Waals surface area contributed by atoms with Crippen molar-refractivity contribution >= 4 is 5.78 Å². The molecule has 0 saturated heterocycles. The molecule has 0 N–H and O–H groups in total. The van der Waals surface area contributed by atoms with Gasteiger partial charge in [0.15, 0.2) is 0 Å². The first kappa shape index (κ1) is 21.7. The summed E-state index contributed by atoms with van der Waals surface area (Å²) in [6, 6.07) is 0. The van der Waals surface area contributed by atoms with Crippen LogP contribution in [0.4, 0.5) is 0 Å². The van der Waals surface area contributed by atoms with E-state index in [0.29, 0.717) is 5.78 Å². The maximum Gasteiger partial charge on any atom is 0.132 e. The van der Waals surface area contributed by atoms with E-state index in [1.54, 1.807) is 0 Å². The average molecular weight is 311 g/mol. The van der Waals surface area contributed by atoms with Gasteiger partial charge >= 0.3 is 0 Å². The Balaban J connectivity index is 3.12. The predicted molar refractivity (Wildman–Crippen MR) is 99.5 cm³/mol. The van der Waals surface area contributed by atoms with E-state index in [1.165, 1.54) is 89.9 Å². The van der Waals surface area contributed by atoms with Gasteiger partial charge < -0.3 is 0 Å². The molecule has 0 bridgehead atoms. The molecule has 22 heavy (non-hydrogen) atoms. The van der Waals surface area contributed by atoms with E-state index in [4.69, 9.17) is 0 Å². The van der Waals surface area contributed by atoms with E-state index in [0.717, 1.165) is 25.7 Å². The van der Waals surface area contributed by atoms with Crippen molar-refractivity contribution in [2.24, 2.45) is 0 Å². The van der Waals surface area contributed by atoms with Crippen molar-refractivity contribution in [1.82, 2.24) is 0 Å². The molecule has 0 fully saturated rings. The van der Waals surface area contributed by atoms with Crippen molar-refractivity contribution in [1.29, 1.82) is 0 Å². The normalized spacial score (nSPS) is 11.0. The van der Waals surface area contributed by atoms with E-state index in [1.807, 2.05) is 0 Å². The number of unbranched alkanes of at least 4 members (excludes halogenated alkanes) is 14. The quantitative estimate of drug-likeness (QED) is 0.238. The molecule has 0 rings (SSSR count). The molecule has 0 aromatic heterocycles. The summed E-state index contributed by atoms with van der Waals surface area (Å²) in [5.41, 5.74) is 0. The van der Waals surface area contributed by atoms with Crippen LogP contribution in [0.2, 0.25) is 0 Å². The van der Waals surface area contributed by atoms with Crippen molar-refractivity contribution in [2.45, 2.75) is 129 Å². The van der Waals surface area contributed by atoms with Crippen LogP contribution in [0, 0.1) is 0 Å². The summed E-state index contributed by atoms with van der Waals surface area (Å²) in [6.45, 7) is 4.52. The molecule has 1 nitrogen and oxygen atoms in total. The topological polar surface area (TPSA) is 17.1 Å². The van der Waals surface area contributed by atoms with Crippen molar-refractivity contribution in [3.63, 3.8) is 0 Å². The van der Waals surface area contributed by atoms with Gasteiger partial charge in [-0.1, -0.05) is 104 Å². The molecule has 0 aliphatic carbocycles. The molecule has 0 radical (unpaired) electrons. The number of Topliss-reactive ketones (excluding diaryl/α,β-unsaturated/α-hetero) is 1. The minimum absolute atomic E-state index is 0.509. The van der Waals surface area contributed by atoms with Gasteiger partial charge in [0, 0.05) is 12.8 Å². The van der Waals surface area contributed by atoms with Crippen molar-refractivity contribution in [2.75, 3.05) is 0 Å². The molecule has 1 heteroatoms. The molecule has 0 aliphatic heterocycles. The highest BCUT2D eigenvalue weighted by Gasteiger charge is 2.01. The molecule has 0 unspecified atom stereocenters. The molecule has 0 aromatic rings. The van der Waals surface area contributed by atoms with Crippen LogP contribution in [0.15, 0.2) is 0 Å². The summed E-state index contributed by atoms with van der Waals surface area (Å²) in [5.74, 6) is 0.509. The van der Waals surface area contributed by atoms with Crippen molar-refractivity contribution in [3.8, 4) is 0 Å². The van der Waals surface area contributed by atoms with Gasteiger partial charge in [-0.3, -0.25) is 4.79 Å². The lowest BCUT2D eigenvalue weighted by Crippen LogP contribution is -1.97. The highest BCUT2D eigenvalue weighted by Crippen LogP contribution is 2.13. The van der Waals surface area contributed by atoms with Gasteiger partial charge in [0.25, 0.3) is 0 Å². The number of carbonyl (C=O) groups is 1. The predicted octanol–water partition coefficient (Wildman–Crippen LogP) is 7.62. The van der Waals surface area contributed by atoms with Crippen LogP contribution in [-0.2, 0) is 4.79 Å². The zero-order valence-electron chi connectivity index (χ0n) is 15.6. The second-order valence-electron chi connectivity index (χ2n) is 6.99. The van der Waals surface area contributed by atoms with Crippen molar-refractivity contribution in [3.05, 3.63) is 0 Å². The lowest BCUT2D eigenvalue weighted by atomic mass is 10.0. The molecule has 0 heterocycles. The number of hydrogen-bond donors (Lipinski definition) is 0. The van der Waals surface area contributed by atoms with E-state index in [2.05, 4.69) is 13.8 Å². The SMILES string of the molecule is CCCCCCCCCCCCC(=O)CCCCCCCC. The van der Waals surface area contributed by atoms with Gasteiger partial charge in [0.05, 0.1) is 0 Å². The summed E-state index contributed by atoms with van der Waals surface area (Å²) >= 11 is 0. The third-order valence-corrected chi connectivity index (χ3v) is 4.62. The van der Waals surface area contributed by atoms with Crippen LogP contribution in [0.5, 0.6) is 0 Å². The Bertz CT molecular complexity index is 222. The van der Waals surface area contributed by atoms with E-state index in [9.17, 15) is 4.79 Å². The van der Waals surface area contributed by atoms with Crippen LogP contribution < -0.4 is 0 Å². The fourth-order valence-corrected chi connectivity index (χ4v) is 3.04. The zero-order chi connectivity index (χ0) is 16.3. The van der Waals surface area contributed by atoms with Gasteiger partial charge in [-0.25, -0.2) is 0 Å².